The number of hydrogen-bond donors (Lipinski definition) is 0. The van der Waals surface area contributed by atoms with Gasteiger partial charge in [-0.05, 0) is 56.7 Å². The second-order valence-electron chi connectivity index (χ2n) is 5.20. The van der Waals surface area contributed by atoms with Gasteiger partial charge in [-0.1, -0.05) is 19.1 Å². The molecular formula is C18H25F3N2S. The molecule has 0 aliphatic heterocycles. The molecule has 1 aromatic rings. The number of nitrogens with zero attached hydrogens (tertiary/aromatic N) is 2. The number of alkyl halides is 3. The Morgan fingerprint density at radius 2 is 1.92 bits per heavy atom. The molecule has 0 bridgehead atoms. The fourth-order valence-electron chi connectivity index (χ4n) is 2.26. The van der Waals surface area contributed by atoms with E-state index in [0.717, 1.165) is 28.7 Å². The molecule has 1 aromatic heterocycles. The van der Waals surface area contributed by atoms with E-state index in [9.17, 15) is 13.2 Å². The van der Waals surface area contributed by atoms with Crippen LogP contribution < -0.4 is 5.49 Å². The Morgan fingerprint density at radius 1 is 1.25 bits per heavy atom. The third-order valence-electron chi connectivity index (χ3n) is 3.57. The highest BCUT2D eigenvalue weighted by Gasteiger charge is 2.35. The highest BCUT2D eigenvalue weighted by Crippen LogP contribution is 2.31. The Hall–Kier alpha value is -1.43. The van der Waals surface area contributed by atoms with Gasteiger partial charge in [-0.3, -0.25) is 4.99 Å². The van der Waals surface area contributed by atoms with Crippen molar-refractivity contribution in [3.8, 4) is 0 Å². The van der Waals surface area contributed by atoms with Gasteiger partial charge in [0.15, 0.2) is 0 Å². The molecule has 0 amide bonds. The highest BCUT2D eigenvalue weighted by molar-refractivity contribution is 8.03. The summed E-state index contributed by atoms with van der Waals surface area (Å²) in [5.74, 6) is 0.960. The average molecular weight is 358 g/mol. The maximum absolute atomic E-state index is 12.7. The van der Waals surface area contributed by atoms with E-state index in [1.165, 1.54) is 0 Å². The SMILES string of the molecule is C/C=C(\C(=C/C)SCC)c1ccc(=NC(C)C(F)(F)F)n(CC)c1. The van der Waals surface area contributed by atoms with Crippen LogP contribution in [0.3, 0.4) is 0 Å². The average Bonchev–Trinajstić information content (AvgIpc) is 2.54. The fourth-order valence-corrected chi connectivity index (χ4v) is 3.13. The lowest BCUT2D eigenvalue weighted by molar-refractivity contribution is -0.143. The van der Waals surface area contributed by atoms with Crippen LogP contribution >= 0.6 is 11.8 Å². The summed E-state index contributed by atoms with van der Waals surface area (Å²) >= 11 is 1.75. The molecule has 0 N–H and O–H groups in total. The summed E-state index contributed by atoms with van der Waals surface area (Å²) in [7, 11) is 0. The van der Waals surface area contributed by atoms with Crippen LogP contribution in [0.15, 0.2) is 40.4 Å². The molecule has 0 saturated heterocycles. The van der Waals surface area contributed by atoms with E-state index in [1.54, 1.807) is 22.4 Å². The molecule has 6 heteroatoms. The van der Waals surface area contributed by atoms with Crippen molar-refractivity contribution in [1.82, 2.24) is 4.57 Å². The molecule has 0 radical (unpaired) electrons. The van der Waals surface area contributed by atoms with Crippen molar-refractivity contribution in [2.75, 3.05) is 5.75 Å². The summed E-state index contributed by atoms with van der Waals surface area (Å²) in [4.78, 5) is 4.99. The number of aryl methyl sites for hydroxylation is 1. The van der Waals surface area contributed by atoms with Crippen LogP contribution in [0.2, 0.25) is 0 Å². The third kappa shape index (κ3) is 5.30. The van der Waals surface area contributed by atoms with Crippen molar-refractivity contribution in [3.63, 3.8) is 0 Å². The van der Waals surface area contributed by atoms with Gasteiger partial charge in [-0.15, -0.1) is 11.8 Å². The number of halogens is 3. The lowest BCUT2D eigenvalue weighted by Crippen LogP contribution is -2.29. The van der Waals surface area contributed by atoms with E-state index in [-0.39, 0.29) is 0 Å². The maximum Gasteiger partial charge on any atom is 0.410 e. The largest absolute Gasteiger partial charge is 0.410 e. The second-order valence-corrected chi connectivity index (χ2v) is 6.50. The van der Waals surface area contributed by atoms with E-state index in [1.807, 2.05) is 39.1 Å². The first-order chi connectivity index (χ1) is 11.3. The smallest absolute Gasteiger partial charge is 0.333 e. The quantitative estimate of drug-likeness (QED) is 0.621. The van der Waals surface area contributed by atoms with Crippen LogP contribution in [0.25, 0.3) is 5.57 Å². The Morgan fingerprint density at radius 3 is 2.38 bits per heavy atom. The number of rotatable bonds is 6. The Kier molecular flexibility index (Phi) is 7.87. The first-order valence-corrected chi connectivity index (χ1v) is 9.04. The van der Waals surface area contributed by atoms with Crippen molar-refractivity contribution in [1.29, 1.82) is 0 Å². The second kappa shape index (κ2) is 9.16. The summed E-state index contributed by atoms with van der Waals surface area (Å²) in [6.45, 7) is 9.57. The van der Waals surface area contributed by atoms with Gasteiger partial charge in [0.25, 0.3) is 0 Å². The lowest BCUT2D eigenvalue weighted by atomic mass is 10.1. The third-order valence-corrected chi connectivity index (χ3v) is 4.62. The van der Waals surface area contributed by atoms with E-state index < -0.39 is 12.2 Å². The van der Waals surface area contributed by atoms with Crippen molar-refractivity contribution >= 4 is 17.3 Å². The first kappa shape index (κ1) is 20.6. The lowest BCUT2D eigenvalue weighted by Gasteiger charge is -2.15. The summed E-state index contributed by atoms with van der Waals surface area (Å²) in [5, 5.41) is 0. The predicted octanol–water partition coefficient (Wildman–Crippen LogP) is 5.42. The number of aromatic nitrogens is 1. The summed E-state index contributed by atoms with van der Waals surface area (Å²) in [5.41, 5.74) is 2.40. The predicted molar refractivity (Wildman–Crippen MR) is 96.7 cm³/mol. The van der Waals surface area contributed by atoms with E-state index >= 15 is 0 Å². The van der Waals surface area contributed by atoms with Gasteiger partial charge in [-0.2, -0.15) is 13.2 Å². The van der Waals surface area contributed by atoms with Gasteiger partial charge in [-0.25, -0.2) is 0 Å². The molecule has 1 atom stereocenters. The van der Waals surface area contributed by atoms with Gasteiger partial charge >= 0.3 is 6.18 Å². The van der Waals surface area contributed by atoms with E-state index in [2.05, 4.69) is 18.0 Å². The Bertz CT molecular complexity index is 670. The molecule has 2 nitrogen and oxygen atoms in total. The molecule has 0 aliphatic rings. The molecule has 1 rings (SSSR count). The molecule has 0 saturated carbocycles. The van der Waals surface area contributed by atoms with Crippen LogP contribution in [0.4, 0.5) is 13.2 Å². The van der Waals surface area contributed by atoms with Crippen LogP contribution in [0.1, 0.15) is 40.2 Å². The molecule has 0 spiro atoms. The highest BCUT2D eigenvalue weighted by atomic mass is 32.2. The van der Waals surface area contributed by atoms with Crippen molar-refractivity contribution < 1.29 is 13.2 Å². The zero-order valence-electron chi connectivity index (χ0n) is 14.8. The molecule has 24 heavy (non-hydrogen) atoms. The van der Waals surface area contributed by atoms with Gasteiger partial charge < -0.3 is 4.57 Å². The number of hydrogen-bond acceptors (Lipinski definition) is 2. The summed E-state index contributed by atoms with van der Waals surface area (Å²) in [6.07, 6.45) is 1.64. The zero-order chi connectivity index (χ0) is 18.3. The molecule has 1 unspecified atom stereocenters. The van der Waals surface area contributed by atoms with Gasteiger partial charge in [0.2, 0.25) is 0 Å². The fraction of sp³-hybridized carbons (Fsp3) is 0.500. The Balaban J connectivity index is 3.35. The molecule has 1 heterocycles. The van der Waals surface area contributed by atoms with Crippen LogP contribution in [-0.4, -0.2) is 22.5 Å². The minimum absolute atomic E-state index is 0.340. The molecule has 0 fully saturated rings. The summed E-state index contributed by atoms with van der Waals surface area (Å²) < 4.78 is 40.0. The van der Waals surface area contributed by atoms with Gasteiger partial charge in [0, 0.05) is 17.6 Å². The minimum Gasteiger partial charge on any atom is -0.333 e. The van der Waals surface area contributed by atoms with Crippen molar-refractivity contribution in [3.05, 3.63) is 46.4 Å². The minimum atomic E-state index is -4.32. The van der Waals surface area contributed by atoms with Crippen LogP contribution in [-0.2, 0) is 6.54 Å². The molecular weight excluding hydrogens is 333 g/mol. The van der Waals surface area contributed by atoms with Crippen LogP contribution in [0.5, 0.6) is 0 Å². The molecule has 0 aliphatic carbocycles. The topological polar surface area (TPSA) is 17.3 Å². The molecule has 134 valence electrons. The summed E-state index contributed by atoms with van der Waals surface area (Å²) in [6, 6.07) is 1.78. The number of pyridine rings is 1. The van der Waals surface area contributed by atoms with Gasteiger partial charge in [0.05, 0.1) is 0 Å². The first-order valence-electron chi connectivity index (χ1n) is 8.05. The van der Waals surface area contributed by atoms with Crippen molar-refractivity contribution in [2.24, 2.45) is 4.99 Å². The monoisotopic (exact) mass is 358 g/mol. The maximum atomic E-state index is 12.7. The molecule has 0 aromatic carbocycles. The number of allylic oxidation sites excluding steroid dienone is 3. The Labute approximate surface area is 146 Å². The van der Waals surface area contributed by atoms with Crippen molar-refractivity contribution in [2.45, 2.75) is 53.4 Å². The van der Waals surface area contributed by atoms with Gasteiger partial charge in [0.1, 0.15) is 11.5 Å². The zero-order valence-corrected chi connectivity index (χ0v) is 15.6. The normalized spacial score (nSPS) is 15.8. The standard InChI is InChI=1S/C18H25F3N2S/c1-6-15(16(7-2)24-9-4)14-10-11-17(23(8-3)12-14)22-13(5)18(19,20)21/h6-7,10-13H,8-9H2,1-5H3/b15-6-,16-7+,22-17?. The van der Waals surface area contributed by atoms with E-state index in [4.69, 9.17) is 0 Å². The van der Waals surface area contributed by atoms with Crippen LogP contribution in [0, 0.1) is 0 Å². The number of thioether (sulfide) groups is 1. The van der Waals surface area contributed by atoms with E-state index in [0.29, 0.717) is 12.0 Å².